The van der Waals surface area contributed by atoms with Crippen molar-refractivity contribution < 1.29 is 9.59 Å². The summed E-state index contributed by atoms with van der Waals surface area (Å²) in [6.07, 6.45) is 4.90. The number of carbonyl (C=O) groups is 2. The maximum absolute atomic E-state index is 11.3. The average molecular weight is 210 g/mol. The van der Waals surface area contributed by atoms with Gasteiger partial charge in [-0.15, -0.1) is 0 Å². The van der Waals surface area contributed by atoms with Gasteiger partial charge in [-0.25, -0.2) is 4.79 Å². The van der Waals surface area contributed by atoms with Crippen LogP contribution in [0.1, 0.15) is 32.6 Å². The van der Waals surface area contributed by atoms with Gasteiger partial charge in [0.25, 0.3) is 0 Å². The Bertz CT molecular complexity index is 270. The van der Waals surface area contributed by atoms with E-state index in [2.05, 4.69) is 12.2 Å². The number of amides is 3. The van der Waals surface area contributed by atoms with E-state index in [-0.39, 0.29) is 18.5 Å². The third-order valence-electron chi connectivity index (χ3n) is 3.48. The molecule has 1 saturated heterocycles. The first-order valence-electron chi connectivity index (χ1n) is 5.74. The van der Waals surface area contributed by atoms with Crippen LogP contribution in [-0.4, -0.2) is 29.9 Å². The lowest BCUT2D eigenvalue weighted by Gasteiger charge is -2.28. The van der Waals surface area contributed by atoms with Gasteiger partial charge in [-0.2, -0.15) is 0 Å². The minimum Gasteiger partial charge on any atom is -0.315 e. The molecule has 1 N–H and O–H groups in total. The normalized spacial score (nSPS) is 31.9. The van der Waals surface area contributed by atoms with E-state index in [0.29, 0.717) is 5.92 Å². The highest BCUT2D eigenvalue weighted by atomic mass is 16.2. The summed E-state index contributed by atoms with van der Waals surface area (Å²) >= 11 is 0. The Hall–Kier alpha value is -1.06. The minimum atomic E-state index is -0.210. The van der Waals surface area contributed by atoms with Gasteiger partial charge in [-0.05, 0) is 24.7 Å². The summed E-state index contributed by atoms with van der Waals surface area (Å²) in [6, 6.07) is -0.210. The molecule has 0 atom stereocenters. The van der Waals surface area contributed by atoms with Crippen molar-refractivity contribution >= 4 is 11.9 Å². The lowest BCUT2D eigenvalue weighted by molar-refractivity contribution is -0.118. The fraction of sp³-hybridized carbons (Fsp3) is 0.818. The van der Waals surface area contributed by atoms with Crippen LogP contribution in [0.2, 0.25) is 0 Å². The molecule has 0 aromatic heterocycles. The standard InChI is InChI=1S/C11H18N2O2/c1-8-2-4-9(5-3-8)6-13-7-10(14)12-11(13)15/h8-9H,2-7H2,1H3,(H,12,14,15). The first-order chi connectivity index (χ1) is 7.15. The number of carbonyl (C=O) groups excluding carboxylic acids is 2. The first-order valence-corrected chi connectivity index (χ1v) is 5.74. The summed E-state index contributed by atoms with van der Waals surface area (Å²) in [7, 11) is 0. The second-order valence-corrected chi connectivity index (χ2v) is 4.86. The molecule has 0 aromatic carbocycles. The Labute approximate surface area is 90.0 Å². The molecule has 0 aromatic rings. The first kappa shape index (κ1) is 10.5. The molecule has 1 aliphatic carbocycles. The van der Waals surface area contributed by atoms with Crippen LogP contribution in [0.25, 0.3) is 0 Å². The molecule has 84 valence electrons. The summed E-state index contributed by atoms with van der Waals surface area (Å²) in [4.78, 5) is 23.9. The molecule has 4 heteroatoms. The average Bonchev–Trinajstić information content (AvgIpc) is 2.49. The van der Waals surface area contributed by atoms with Crippen LogP contribution in [0.5, 0.6) is 0 Å². The zero-order valence-corrected chi connectivity index (χ0v) is 9.16. The van der Waals surface area contributed by atoms with Crippen LogP contribution in [0, 0.1) is 11.8 Å². The minimum absolute atomic E-state index is 0.163. The van der Waals surface area contributed by atoms with E-state index in [1.54, 1.807) is 4.90 Å². The molecule has 0 unspecified atom stereocenters. The molecule has 0 radical (unpaired) electrons. The van der Waals surface area contributed by atoms with Gasteiger partial charge in [0.2, 0.25) is 5.91 Å². The second-order valence-electron chi connectivity index (χ2n) is 4.86. The third-order valence-corrected chi connectivity index (χ3v) is 3.48. The third kappa shape index (κ3) is 2.49. The monoisotopic (exact) mass is 210 g/mol. The van der Waals surface area contributed by atoms with E-state index in [1.807, 2.05) is 0 Å². The highest BCUT2D eigenvalue weighted by molar-refractivity contribution is 6.01. The lowest BCUT2D eigenvalue weighted by Crippen LogP contribution is -2.34. The number of urea groups is 1. The van der Waals surface area contributed by atoms with Crippen molar-refractivity contribution in [2.75, 3.05) is 13.1 Å². The molecule has 15 heavy (non-hydrogen) atoms. The zero-order chi connectivity index (χ0) is 10.8. The van der Waals surface area contributed by atoms with E-state index in [1.165, 1.54) is 25.7 Å². The summed E-state index contributed by atoms with van der Waals surface area (Å²) in [5.41, 5.74) is 0. The van der Waals surface area contributed by atoms with E-state index < -0.39 is 0 Å². The molecule has 2 aliphatic rings. The van der Waals surface area contributed by atoms with Crippen molar-refractivity contribution in [2.24, 2.45) is 11.8 Å². The molecule has 1 aliphatic heterocycles. The highest BCUT2D eigenvalue weighted by Gasteiger charge is 2.29. The van der Waals surface area contributed by atoms with E-state index in [9.17, 15) is 9.59 Å². The van der Waals surface area contributed by atoms with E-state index in [0.717, 1.165) is 12.5 Å². The molecule has 0 bridgehead atoms. The second kappa shape index (κ2) is 4.21. The topological polar surface area (TPSA) is 49.4 Å². The predicted octanol–water partition coefficient (Wildman–Crippen LogP) is 1.36. The lowest BCUT2D eigenvalue weighted by atomic mass is 9.83. The van der Waals surface area contributed by atoms with Crippen LogP contribution < -0.4 is 5.32 Å². The van der Waals surface area contributed by atoms with Gasteiger partial charge in [0.1, 0.15) is 6.54 Å². The smallest absolute Gasteiger partial charge is 0.315 e. The number of imide groups is 1. The van der Waals surface area contributed by atoms with Gasteiger partial charge in [-0.3, -0.25) is 10.1 Å². The van der Waals surface area contributed by atoms with Crippen molar-refractivity contribution in [3.63, 3.8) is 0 Å². The van der Waals surface area contributed by atoms with Crippen LogP contribution in [0.15, 0.2) is 0 Å². The van der Waals surface area contributed by atoms with Crippen molar-refractivity contribution in [2.45, 2.75) is 32.6 Å². The van der Waals surface area contributed by atoms with Crippen LogP contribution in [0.3, 0.4) is 0 Å². The maximum atomic E-state index is 11.3. The molecule has 0 spiro atoms. The molecule has 2 fully saturated rings. The number of hydrogen-bond donors (Lipinski definition) is 1. The Kier molecular flexibility index (Phi) is 2.93. The molecular weight excluding hydrogens is 192 g/mol. The Balaban J connectivity index is 1.82. The molecule has 1 heterocycles. The zero-order valence-electron chi connectivity index (χ0n) is 9.16. The summed E-state index contributed by atoms with van der Waals surface area (Å²) in [5, 5.41) is 2.31. The summed E-state index contributed by atoms with van der Waals surface area (Å²) in [6.45, 7) is 3.29. The van der Waals surface area contributed by atoms with Crippen molar-refractivity contribution in [1.29, 1.82) is 0 Å². The van der Waals surface area contributed by atoms with Gasteiger partial charge in [0.15, 0.2) is 0 Å². The molecule has 4 nitrogen and oxygen atoms in total. The molecule has 1 saturated carbocycles. The maximum Gasteiger partial charge on any atom is 0.324 e. The van der Waals surface area contributed by atoms with E-state index in [4.69, 9.17) is 0 Å². The van der Waals surface area contributed by atoms with Gasteiger partial charge in [0, 0.05) is 6.54 Å². The number of rotatable bonds is 2. The van der Waals surface area contributed by atoms with Crippen molar-refractivity contribution in [3.8, 4) is 0 Å². The van der Waals surface area contributed by atoms with Crippen molar-refractivity contribution in [1.82, 2.24) is 10.2 Å². The highest BCUT2D eigenvalue weighted by Crippen LogP contribution is 2.28. The Morgan fingerprint density at radius 2 is 1.93 bits per heavy atom. The van der Waals surface area contributed by atoms with Gasteiger partial charge in [0.05, 0.1) is 0 Å². The van der Waals surface area contributed by atoms with Crippen LogP contribution >= 0.6 is 0 Å². The quantitative estimate of drug-likeness (QED) is 0.700. The van der Waals surface area contributed by atoms with Gasteiger partial charge >= 0.3 is 6.03 Å². The Morgan fingerprint density at radius 1 is 1.27 bits per heavy atom. The summed E-state index contributed by atoms with van der Waals surface area (Å²) < 4.78 is 0. The number of nitrogens with zero attached hydrogens (tertiary/aromatic N) is 1. The number of nitrogens with one attached hydrogen (secondary N) is 1. The molecule has 2 rings (SSSR count). The molecular formula is C11H18N2O2. The largest absolute Gasteiger partial charge is 0.324 e. The predicted molar refractivity (Wildman–Crippen MR) is 56.2 cm³/mol. The fourth-order valence-corrected chi connectivity index (χ4v) is 2.45. The van der Waals surface area contributed by atoms with Crippen LogP contribution in [0.4, 0.5) is 4.79 Å². The van der Waals surface area contributed by atoms with Crippen molar-refractivity contribution in [3.05, 3.63) is 0 Å². The van der Waals surface area contributed by atoms with Crippen LogP contribution in [-0.2, 0) is 4.79 Å². The van der Waals surface area contributed by atoms with Gasteiger partial charge in [-0.1, -0.05) is 19.8 Å². The Morgan fingerprint density at radius 3 is 2.47 bits per heavy atom. The van der Waals surface area contributed by atoms with E-state index >= 15 is 0 Å². The summed E-state index contributed by atoms with van der Waals surface area (Å²) in [5.74, 6) is 1.26. The SMILES string of the molecule is CC1CCC(CN2CC(=O)NC2=O)CC1. The number of hydrogen-bond acceptors (Lipinski definition) is 2. The molecule has 3 amide bonds. The van der Waals surface area contributed by atoms with Gasteiger partial charge < -0.3 is 4.90 Å². The fourth-order valence-electron chi connectivity index (χ4n) is 2.45.